The lowest BCUT2D eigenvalue weighted by Gasteiger charge is -2.01. The van der Waals surface area contributed by atoms with Gasteiger partial charge in [-0.1, -0.05) is 83.9 Å². The van der Waals surface area contributed by atoms with Crippen molar-refractivity contribution in [3.63, 3.8) is 0 Å². The van der Waals surface area contributed by atoms with E-state index < -0.39 is 32.8 Å². The summed E-state index contributed by atoms with van der Waals surface area (Å²) in [4.78, 5) is 52.0. The summed E-state index contributed by atoms with van der Waals surface area (Å²) in [6.07, 6.45) is 2.43. The van der Waals surface area contributed by atoms with Gasteiger partial charge in [-0.15, -0.1) is 0 Å². The van der Waals surface area contributed by atoms with Crippen LogP contribution in [0.1, 0.15) is 32.1 Å². The minimum absolute atomic E-state index is 0.117. The van der Waals surface area contributed by atoms with E-state index in [0.29, 0.717) is 11.1 Å². The molecule has 0 amide bonds. The van der Waals surface area contributed by atoms with Gasteiger partial charge in [-0.05, 0) is 0 Å². The lowest BCUT2D eigenvalue weighted by atomic mass is 10.1. The first-order valence-corrected chi connectivity index (χ1v) is 10.7. The van der Waals surface area contributed by atoms with Crippen LogP contribution < -0.4 is 0 Å². The standard InChI is InChI=1S/2C12H7ClN2O3/c2*13-9-6-10(15(17)18)11(14-7-9)12(16)8-4-2-1-3-5-8/h2*1-7H. The minimum Gasteiger partial charge on any atom is -0.287 e. The number of carbonyl (C=O) groups is 2. The van der Waals surface area contributed by atoms with E-state index in [1.165, 1.54) is 12.4 Å². The molecule has 0 spiro atoms. The SMILES string of the molecule is O=C(c1ccccc1)c1ncc(Cl)cc1[N+](=O)[O-].O=C(c1ccccc1)c1ncc(Cl)cc1[N+](=O)[O-]. The van der Waals surface area contributed by atoms with Gasteiger partial charge in [-0.25, -0.2) is 9.97 Å². The molecule has 2 heterocycles. The molecule has 0 unspecified atom stereocenters. The third-order valence-corrected chi connectivity index (χ3v) is 4.98. The van der Waals surface area contributed by atoms with Crippen molar-refractivity contribution in [1.29, 1.82) is 0 Å². The molecule has 4 aromatic rings. The molecule has 0 aliphatic heterocycles. The van der Waals surface area contributed by atoms with E-state index in [4.69, 9.17) is 23.2 Å². The Morgan fingerprint density at radius 1 is 0.639 bits per heavy atom. The third-order valence-electron chi connectivity index (χ3n) is 4.56. The summed E-state index contributed by atoms with van der Waals surface area (Å²) in [5.41, 5.74) is -0.523. The maximum atomic E-state index is 12.1. The average molecular weight is 525 g/mol. The Balaban J connectivity index is 0.000000201. The molecule has 0 radical (unpaired) electrons. The predicted octanol–water partition coefficient (Wildman–Crippen LogP) is 5.75. The van der Waals surface area contributed by atoms with Crippen molar-refractivity contribution >= 4 is 46.1 Å². The summed E-state index contributed by atoms with van der Waals surface area (Å²) in [5.74, 6) is -1.00. The molecule has 0 aliphatic rings. The fourth-order valence-corrected chi connectivity index (χ4v) is 3.24. The van der Waals surface area contributed by atoms with Crippen molar-refractivity contribution in [2.24, 2.45) is 0 Å². The number of aromatic nitrogens is 2. The number of ketones is 2. The molecule has 180 valence electrons. The highest BCUT2D eigenvalue weighted by atomic mass is 35.5. The number of hydrogen-bond acceptors (Lipinski definition) is 8. The molecule has 0 saturated carbocycles. The van der Waals surface area contributed by atoms with Gasteiger partial charge < -0.3 is 0 Å². The quantitative estimate of drug-likeness (QED) is 0.176. The van der Waals surface area contributed by atoms with Gasteiger partial charge in [0.15, 0.2) is 11.4 Å². The molecular weight excluding hydrogens is 511 g/mol. The van der Waals surface area contributed by atoms with E-state index in [2.05, 4.69) is 9.97 Å². The van der Waals surface area contributed by atoms with E-state index >= 15 is 0 Å². The molecule has 4 rings (SSSR count). The molecule has 2 aromatic heterocycles. The average Bonchev–Trinajstić information content (AvgIpc) is 2.89. The number of halogens is 2. The Morgan fingerprint density at radius 3 is 1.28 bits per heavy atom. The first-order chi connectivity index (χ1) is 17.2. The monoisotopic (exact) mass is 524 g/mol. The molecule has 10 nitrogen and oxygen atoms in total. The minimum atomic E-state index is -0.672. The smallest absolute Gasteiger partial charge is 0.287 e. The van der Waals surface area contributed by atoms with Crippen LogP contribution >= 0.6 is 23.2 Å². The molecule has 0 saturated heterocycles. The molecular formula is C24H14Cl2N4O6. The number of rotatable bonds is 6. The summed E-state index contributed by atoms with van der Waals surface area (Å²) in [7, 11) is 0. The Bertz CT molecular complexity index is 1340. The van der Waals surface area contributed by atoms with Crippen molar-refractivity contribution in [3.05, 3.63) is 138 Å². The Labute approximate surface area is 213 Å². The van der Waals surface area contributed by atoms with E-state index in [0.717, 1.165) is 12.1 Å². The number of carbonyl (C=O) groups excluding carboxylic acids is 2. The number of hydrogen-bond donors (Lipinski definition) is 0. The van der Waals surface area contributed by atoms with Crippen LogP contribution in [0.25, 0.3) is 0 Å². The second kappa shape index (κ2) is 11.7. The van der Waals surface area contributed by atoms with Crippen molar-refractivity contribution in [2.75, 3.05) is 0 Å². The first kappa shape index (κ1) is 26.1. The molecule has 0 bridgehead atoms. The van der Waals surface area contributed by atoms with Gasteiger partial charge in [0.1, 0.15) is 0 Å². The van der Waals surface area contributed by atoms with Crippen LogP contribution in [0.5, 0.6) is 0 Å². The number of pyridine rings is 2. The van der Waals surface area contributed by atoms with E-state index in [1.54, 1.807) is 60.7 Å². The van der Waals surface area contributed by atoms with Crippen LogP contribution in [-0.4, -0.2) is 31.4 Å². The zero-order chi connectivity index (χ0) is 26.2. The van der Waals surface area contributed by atoms with E-state index in [9.17, 15) is 29.8 Å². The maximum Gasteiger partial charge on any atom is 0.300 e. The molecule has 0 N–H and O–H groups in total. The van der Waals surface area contributed by atoms with Gasteiger partial charge in [0.25, 0.3) is 11.4 Å². The fraction of sp³-hybridized carbons (Fsp3) is 0. The summed E-state index contributed by atoms with van der Waals surface area (Å²) in [5, 5.41) is 22.0. The normalized spacial score (nSPS) is 10.1. The molecule has 2 aromatic carbocycles. The fourth-order valence-electron chi connectivity index (χ4n) is 2.94. The Kier molecular flexibility index (Phi) is 8.50. The number of nitro groups is 2. The number of nitrogens with zero attached hydrogens (tertiary/aromatic N) is 4. The van der Waals surface area contributed by atoms with Crippen molar-refractivity contribution in [2.45, 2.75) is 0 Å². The summed E-state index contributed by atoms with van der Waals surface area (Å²) in [6.45, 7) is 0. The van der Waals surface area contributed by atoms with Gasteiger partial charge in [0.05, 0.1) is 19.9 Å². The zero-order valence-corrected chi connectivity index (χ0v) is 19.6. The molecule has 0 aliphatic carbocycles. The zero-order valence-electron chi connectivity index (χ0n) is 18.1. The maximum absolute atomic E-state index is 12.1. The second-order valence-electron chi connectivity index (χ2n) is 6.95. The van der Waals surface area contributed by atoms with Gasteiger partial charge in [0, 0.05) is 35.7 Å². The topological polar surface area (TPSA) is 146 Å². The second-order valence-corrected chi connectivity index (χ2v) is 7.82. The summed E-state index contributed by atoms with van der Waals surface area (Å²) in [6, 6.07) is 18.7. The van der Waals surface area contributed by atoms with Crippen molar-refractivity contribution < 1.29 is 19.4 Å². The largest absolute Gasteiger partial charge is 0.300 e. The van der Waals surface area contributed by atoms with Crippen LogP contribution in [0.2, 0.25) is 10.0 Å². The van der Waals surface area contributed by atoms with Gasteiger partial charge in [0.2, 0.25) is 11.6 Å². The first-order valence-electron chi connectivity index (χ1n) is 9.98. The highest BCUT2D eigenvalue weighted by Crippen LogP contribution is 2.24. The third kappa shape index (κ3) is 6.32. The number of benzene rings is 2. The molecule has 36 heavy (non-hydrogen) atoms. The summed E-state index contributed by atoms with van der Waals surface area (Å²) < 4.78 is 0. The van der Waals surface area contributed by atoms with Crippen LogP contribution in [-0.2, 0) is 0 Å². The van der Waals surface area contributed by atoms with Gasteiger partial charge in [-0.2, -0.15) is 0 Å². The lowest BCUT2D eigenvalue weighted by Crippen LogP contribution is -2.07. The summed E-state index contributed by atoms with van der Waals surface area (Å²) >= 11 is 11.3. The predicted molar refractivity (Wildman–Crippen MR) is 132 cm³/mol. The van der Waals surface area contributed by atoms with Crippen molar-refractivity contribution in [1.82, 2.24) is 9.97 Å². The lowest BCUT2D eigenvalue weighted by molar-refractivity contribution is -0.385. The van der Waals surface area contributed by atoms with Crippen molar-refractivity contribution in [3.8, 4) is 0 Å². The highest BCUT2D eigenvalue weighted by molar-refractivity contribution is 6.31. The van der Waals surface area contributed by atoms with Crippen LogP contribution in [0.3, 0.4) is 0 Å². The highest BCUT2D eigenvalue weighted by Gasteiger charge is 2.24. The Hall–Kier alpha value is -4.54. The van der Waals surface area contributed by atoms with Gasteiger partial charge >= 0.3 is 0 Å². The van der Waals surface area contributed by atoms with E-state index in [1.807, 2.05) is 0 Å². The van der Waals surface area contributed by atoms with Crippen LogP contribution in [0.15, 0.2) is 85.2 Å². The molecule has 0 fully saturated rings. The van der Waals surface area contributed by atoms with Gasteiger partial charge in [-0.3, -0.25) is 29.8 Å². The van der Waals surface area contributed by atoms with Crippen LogP contribution in [0, 0.1) is 20.2 Å². The van der Waals surface area contributed by atoms with E-state index in [-0.39, 0.29) is 21.4 Å². The van der Waals surface area contributed by atoms with Crippen LogP contribution in [0.4, 0.5) is 11.4 Å². The molecule has 0 atom stereocenters. The molecule has 12 heteroatoms. The Morgan fingerprint density at radius 2 is 0.972 bits per heavy atom.